The van der Waals surface area contributed by atoms with Crippen LogP contribution in [-0.2, 0) is 0 Å². The highest BCUT2D eigenvalue weighted by Crippen LogP contribution is 2.32. The monoisotopic (exact) mass is 280 g/mol. The van der Waals surface area contributed by atoms with Gasteiger partial charge in [0.05, 0.1) is 10.7 Å². The molecule has 1 amide bonds. The van der Waals surface area contributed by atoms with Crippen LogP contribution >= 0.6 is 22.9 Å². The molecule has 2 aromatic rings. The average molecular weight is 281 g/mol. The van der Waals surface area contributed by atoms with E-state index in [2.05, 4.69) is 4.98 Å². The number of halogens is 1. The maximum Gasteiger partial charge on any atom is 0.265 e. The molecule has 0 atom stereocenters. The summed E-state index contributed by atoms with van der Waals surface area (Å²) in [6, 6.07) is 7.51. The summed E-state index contributed by atoms with van der Waals surface area (Å²) >= 11 is 7.51. The van der Waals surface area contributed by atoms with Crippen LogP contribution in [0.25, 0.3) is 10.6 Å². The lowest BCUT2D eigenvalue weighted by atomic mass is 10.2. The van der Waals surface area contributed by atoms with Crippen LogP contribution in [0.4, 0.5) is 0 Å². The zero-order chi connectivity index (χ0) is 13.3. The van der Waals surface area contributed by atoms with Gasteiger partial charge in [0.15, 0.2) is 0 Å². The van der Waals surface area contributed by atoms with E-state index in [9.17, 15) is 4.79 Å². The van der Waals surface area contributed by atoms with Crippen molar-refractivity contribution >= 4 is 28.8 Å². The van der Waals surface area contributed by atoms with E-state index in [-0.39, 0.29) is 5.91 Å². The zero-order valence-electron chi connectivity index (χ0n) is 10.4. The van der Waals surface area contributed by atoms with Gasteiger partial charge in [0, 0.05) is 19.7 Å². The van der Waals surface area contributed by atoms with Gasteiger partial charge >= 0.3 is 0 Å². The minimum atomic E-state index is -0.0247. The van der Waals surface area contributed by atoms with Gasteiger partial charge in [-0.2, -0.15) is 0 Å². The molecule has 94 valence electrons. The molecule has 0 bridgehead atoms. The van der Waals surface area contributed by atoms with Gasteiger partial charge in [-0.1, -0.05) is 29.8 Å². The lowest BCUT2D eigenvalue weighted by molar-refractivity contribution is 0.0831. The molecule has 0 saturated carbocycles. The summed E-state index contributed by atoms with van der Waals surface area (Å²) < 4.78 is 0. The number of thiazole rings is 1. The van der Waals surface area contributed by atoms with Crippen LogP contribution in [0, 0.1) is 6.92 Å². The molecule has 0 fully saturated rings. The second kappa shape index (κ2) is 5.08. The number of carbonyl (C=O) groups excluding carboxylic acids is 1. The van der Waals surface area contributed by atoms with Gasteiger partial charge in [0.1, 0.15) is 9.88 Å². The summed E-state index contributed by atoms with van der Waals surface area (Å²) in [7, 11) is 3.47. The number of aryl methyl sites for hydroxylation is 1. The van der Waals surface area contributed by atoms with Crippen LogP contribution in [-0.4, -0.2) is 29.9 Å². The second-order valence-electron chi connectivity index (χ2n) is 4.11. The highest BCUT2D eigenvalue weighted by molar-refractivity contribution is 7.17. The molecule has 18 heavy (non-hydrogen) atoms. The van der Waals surface area contributed by atoms with Gasteiger partial charge in [0.2, 0.25) is 0 Å². The Bertz CT molecular complexity index is 592. The molecule has 0 aliphatic carbocycles. The van der Waals surface area contributed by atoms with E-state index in [4.69, 9.17) is 11.6 Å². The third-order valence-corrected chi connectivity index (χ3v) is 4.01. The van der Waals surface area contributed by atoms with Crippen LogP contribution in [0.3, 0.4) is 0 Å². The van der Waals surface area contributed by atoms with Crippen LogP contribution < -0.4 is 0 Å². The maximum absolute atomic E-state index is 12.0. The number of hydrogen-bond donors (Lipinski definition) is 0. The van der Waals surface area contributed by atoms with Crippen LogP contribution in [0.2, 0.25) is 5.02 Å². The van der Waals surface area contributed by atoms with E-state index in [1.54, 1.807) is 19.0 Å². The molecule has 1 aromatic carbocycles. The highest BCUT2D eigenvalue weighted by Gasteiger charge is 2.18. The molecule has 0 unspecified atom stereocenters. The van der Waals surface area contributed by atoms with Crippen molar-refractivity contribution in [2.45, 2.75) is 6.92 Å². The van der Waals surface area contributed by atoms with E-state index in [0.29, 0.717) is 9.90 Å². The van der Waals surface area contributed by atoms with Crippen molar-refractivity contribution in [3.05, 3.63) is 39.9 Å². The molecule has 0 spiro atoms. The van der Waals surface area contributed by atoms with Crippen molar-refractivity contribution in [2.24, 2.45) is 0 Å². The Balaban J connectivity index is 2.47. The van der Waals surface area contributed by atoms with E-state index < -0.39 is 0 Å². The Morgan fingerprint density at radius 1 is 1.33 bits per heavy atom. The Kier molecular flexibility index (Phi) is 3.68. The summed E-state index contributed by atoms with van der Waals surface area (Å²) in [4.78, 5) is 18.6. The van der Waals surface area contributed by atoms with E-state index in [1.165, 1.54) is 11.3 Å². The summed E-state index contributed by atoms with van der Waals surface area (Å²) in [6.07, 6.45) is 0. The molecule has 0 radical (unpaired) electrons. The molecule has 0 aliphatic heterocycles. The number of aromatic nitrogens is 1. The molecular weight excluding hydrogens is 268 g/mol. The first-order valence-electron chi connectivity index (χ1n) is 5.44. The molecule has 2 rings (SSSR count). The van der Waals surface area contributed by atoms with Crippen LogP contribution in [0.15, 0.2) is 24.3 Å². The first-order chi connectivity index (χ1) is 8.50. The summed E-state index contributed by atoms with van der Waals surface area (Å²) in [6.45, 7) is 1.84. The number of amides is 1. The number of benzene rings is 1. The standard InChI is InChI=1S/C13H13ClN2OS/c1-8-11(13(17)16(2)3)18-12(15-8)9-6-4-5-7-10(9)14/h4-7H,1-3H3. The molecule has 0 aliphatic rings. The predicted molar refractivity (Wildman–Crippen MR) is 75.3 cm³/mol. The number of hydrogen-bond acceptors (Lipinski definition) is 3. The third kappa shape index (κ3) is 2.40. The number of carbonyl (C=O) groups is 1. The van der Waals surface area contributed by atoms with Gasteiger partial charge in [-0.3, -0.25) is 4.79 Å². The zero-order valence-corrected chi connectivity index (χ0v) is 12.0. The molecule has 3 nitrogen and oxygen atoms in total. The number of rotatable bonds is 2. The van der Waals surface area contributed by atoms with Gasteiger partial charge in [-0.25, -0.2) is 4.98 Å². The van der Waals surface area contributed by atoms with Gasteiger partial charge in [0.25, 0.3) is 5.91 Å². The molecule has 0 N–H and O–H groups in total. The third-order valence-electron chi connectivity index (χ3n) is 2.50. The quantitative estimate of drug-likeness (QED) is 0.844. The first-order valence-corrected chi connectivity index (χ1v) is 6.64. The van der Waals surface area contributed by atoms with Crippen molar-refractivity contribution in [3.63, 3.8) is 0 Å². The Morgan fingerprint density at radius 2 is 2.00 bits per heavy atom. The summed E-state index contributed by atoms with van der Waals surface area (Å²) in [5.74, 6) is -0.0247. The maximum atomic E-state index is 12.0. The minimum absolute atomic E-state index is 0.0247. The molecular formula is C13H13ClN2OS. The molecule has 1 aromatic heterocycles. The lowest BCUT2D eigenvalue weighted by Gasteiger charge is -2.07. The van der Waals surface area contributed by atoms with Crippen molar-refractivity contribution in [1.29, 1.82) is 0 Å². The second-order valence-corrected chi connectivity index (χ2v) is 5.52. The Hall–Kier alpha value is -1.39. The van der Waals surface area contributed by atoms with Crippen molar-refractivity contribution in [3.8, 4) is 10.6 Å². The SMILES string of the molecule is Cc1nc(-c2ccccc2Cl)sc1C(=O)N(C)C. The molecule has 0 saturated heterocycles. The fourth-order valence-corrected chi connectivity index (χ4v) is 2.96. The van der Waals surface area contributed by atoms with E-state index >= 15 is 0 Å². The Labute approximate surface area is 115 Å². The van der Waals surface area contributed by atoms with Crippen molar-refractivity contribution in [2.75, 3.05) is 14.1 Å². The topological polar surface area (TPSA) is 33.2 Å². The lowest BCUT2D eigenvalue weighted by Crippen LogP contribution is -2.21. The minimum Gasteiger partial charge on any atom is -0.344 e. The smallest absolute Gasteiger partial charge is 0.265 e. The van der Waals surface area contributed by atoms with E-state index in [1.807, 2.05) is 31.2 Å². The van der Waals surface area contributed by atoms with Crippen LogP contribution in [0.1, 0.15) is 15.4 Å². The van der Waals surface area contributed by atoms with Gasteiger partial charge in [-0.15, -0.1) is 11.3 Å². The Morgan fingerprint density at radius 3 is 2.61 bits per heavy atom. The average Bonchev–Trinajstić information content (AvgIpc) is 2.70. The predicted octanol–water partition coefficient (Wildman–Crippen LogP) is 3.47. The fourth-order valence-electron chi connectivity index (χ4n) is 1.55. The molecule has 5 heteroatoms. The van der Waals surface area contributed by atoms with Crippen molar-refractivity contribution in [1.82, 2.24) is 9.88 Å². The summed E-state index contributed by atoms with van der Waals surface area (Å²) in [5.41, 5.74) is 1.61. The summed E-state index contributed by atoms with van der Waals surface area (Å²) in [5, 5.41) is 1.43. The fraction of sp³-hybridized carbons (Fsp3) is 0.231. The normalized spacial score (nSPS) is 10.4. The highest BCUT2D eigenvalue weighted by atomic mass is 35.5. The van der Waals surface area contributed by atoms with Gasteiger partial charge < -0.3 is 4.90 Å². The first kappa shape index (κ1) is 13.1. The number of nitrogens with zero attached hydrogens (tertiary/aromatic N) is 2. The van der Waals surface area contributed by atoms with Crippen LogP contribution in [0.5, 0.6) is 0 Å². The van der Waals surface area contributed by atoms with Crippen molar-refractivity contribution < 1.29 is 4.79 Å². The molecule has 1 heterocycles. The van der Waals surface area contributed by atoms with Gasteiger partial charge in [-0.05, 0) is 13.0 Å². The van der Waals surface area contributed by atoms with E-state index in [0.717, 1.165) is 16.3 Å². The largest absolute Gasteiger partial charge is 0.344 e.